The summed E-state index contributed by atoms with van der Waals surface area (Å²) in [6.45, 7) is 4.28. The van der Waals surface area contributed by atoms with Gasteiger partial charge in [-0.2, -0.15) is 20.6 Å². The van der Waals surface area contributed by atoms with Gasteiger partial charge < -0.3 is 24.3 Å². The third-order valence-electron chi connectivity index (χ3n) is 9.12. The molecular formula is C32H34B3N7O2. The molecule has 0 unspecified atom stereocenters. The summed E-state index contributed by atoms with van der Waals surface area (Å²) in [5, 5.41) is 11.8. The Bertz CT molecular complexity index is 1620. The number of carbonyl (C=O) groups is 1. The number of ether oxygens (including phenoxy) is 1. The van der Waals surface area contributed by atoms with E-state index in [1.54, 1.807) is 4.90 Å². The highest BCUT2D eigenvalue weighted by Gasteiger charge is 2.34. The van der Waals surface area contributed by atoms with Crippen molar-refractivity contribution in [3.05, 3.63) is 64.6 Å². The lowest BCUT2D eigenvalue weighted by Crippen LogP contribution is -2.56. The quantitative estimate of drug-likeness (QED) is 0.311. The minimum absolute atomic E-state index is 0.138. The smallest absolute Gasteiger partial charge is 0.318 e. The van der Waals surface area contributed by atoms with E-state index in [1.807, 2.05) is 0 Å². The Balaban J connectivity index is 1.32. The lowest BCUT2D eigenvalue weighted by atomic mass is 9.69. The van der Waals surface area contributed by atoms with Crippen molar-refractivity contribution in [1.29, 1.82) is 5.26 Å². The fourth-order valence-corrected chi connectivity index (χ4v) is 6.64. The number of aromatic nitrogens is 2. The topological polar surface area (TPSA) is 88.8 Å². The maximum Gasteiger partial charge on any atom is 0.318 e. The molecule has 4 heterocycles. The second kappa shape index (κ2) is 12.9. The highest BCUT2D eigenvalue weighted by molar-refractivity contribution is 6.55. The van der Waals surface area contributed by atoms with Gasteiger partial charge in [-0.1, -0.05) is 41.9 Å². The molecule has 6 radical (unpaired) electrons. The van der Waals surface area contributed by atoms with E-state index >= 15 is 0 Å². The van der Waals surface area contributed by atoms with Crippen molar-refractivity contribution in [1.82, 2.24) is 19.8 Å². The van der Waals surface area contributed by atoms with E-state index in [0.717, 1.165) is 49.4 Å². The van der Waals surface area contributed by atoms with Crippen LogP contribution in [0.2, 0.25) is 0 Å². The summed E-state index contributed by atoms with van der Waals surface area (Å²) in [7, 11) is 19.2. The SMILES string of the molecule is [B]C([B])=C([B])C(=O)N1CCN(c2nc(OC[C@@H]3CCCN3C)nc3c2CCN(c2cccc4ccccc24)C3)C[C@@H]1CC#N. The molecule has 1 amide bonds. The molecule has 44 heavy (non-hydrogen) atoms. The molecule has 2 fully saturated rings. The standard InChI is InChI=1S/C32H34B3N7O2/c1-39-14-5-8-23(39)20-44-32-37-26-19-40(27-10-4-7-21-6-2-3-9-24(21)27)15-12-25(26)30(38-32)41-16-17-42(22(18-41)11-13-36)31(43)28(33)29(34)35/h2-4,6-7,9-10,22-23H,5,8,11-12,14-20H2,1H3/t22-,23-/m0/s1. The number of hydrogen-bond donors (Lipinski definition) is 0. The Labute approximate surface area is 263 Å². The summed E-state index contributed by atoms with van der Waals surface area (Å²) in [6.07, 6.45) is 3.12. The van der Waals surface area contributed by atoms with Crippen molar-refractivity contribution in [2.24, 2.45) is 0 Å². The van der Waals surface area contributed by atoms with Gasteiger partial charge in [0, 0.05) is 48.9 Å². The van der Waals surface area contributed by atoms with Crippen molar-refractivity contribution >= 4 is 51.7 Å². The molecule has 0 aliphatic carbocycles. The van der Waals surface area contributed by atoms with Crippen molar-refractivity contribution in [3.8, 4) is 12.1 Å². The van der Waals surface area contributed by atoms with Gasteiger partial charge in [-0.05, 0) is 44.3 Å². The molecule has 0 N–H and O–H groups in total. The number of anilines is 2. The fraction of sp³-hybridized carbons (Fsp3) is 0.438. The van der Waals surface area contributed by atoms with Crippen LogP contribution >= 0.6 is 0 Å². The van der Waals surface area contributed by atoms with Crippen molar-refractivity contribution in [2.75, 3.05) is 56.2 Å². The average molecular weight is 581 g/mol. The third kappa shape index (κ3) is 6.03. The Morgan fingerprint density at radius 3 is 2.61 bits per heavy atom. The number of benzene rings is 2. The number of hydrogen-bond acceptors (Lipinski definition) is 8. The Hall–Kier alpha value is -3.97. The first kappa shape index (κ1) is 30.1. The molecule has 0 saturated carbocycles. The number of piperazine rings is 1. The molecule has 3 aliphatic heterocycles. The van der Waals surface area contributed by atoms with E-state index in [0.29, 0.717) is 44.8 Å². The predicted octanol–water partition coefficient (Wildman–Crippen LogP) is 2.27. The lowest BCUT2D eigenvalue weighted by Gasteiger charge is -2.43. The van der Waals surface area contributed by atoms with Crippen LogP contribution in [0.3, 0.4) is 0 Å². The number of fused-ring (bicyclic) bond motifs is 2. The second-order valence-electron chi connectivity index (χ2n) is 11.8. The van der Waals surface area contributed by atoms with Crippen LogP contribution in [0.4, 0.5) is 11.5 Å². The monoisotopic (exact) mass is 581 g/mol. The van der Waals surface area contributed by atoms with E-state index in [9.17, 15) is 10.1 Å². The number of nitrogens with zero attached hydrogens (tertiary/aromatic N) is 7. The summed E-state index contributed by atoms with van der Waals surface area (Å²) in [4.78, 5) is 31.4. The van der Waals surface area contributed by atoms with Crippen LogP contribution in [-0.2, 0) is 17.8 Å². The Kier molecular flexibility index (Phi) is 8.85. The minimum atomic E-state index is -0.454. The van der Waals surface area contributed by atoms with Gasteiger partial charge in [0.05, 0.1) is 46.5 Å². The lowest BCUT2D eigenvalue weighted by molar-refractivity contribution is -0.129. The van der Waals surface area contributed by atoms with Gasteiger partial charge in [-0.25, -0.2) is 0 Å². The zero-order chi connectivity index (χ0) is 30.8. The third-order valence-corrected chi connectivity index (χ3v) is 9.12. The molecule has 0 bridgehead atoms. The molecule has 2 saturated heterocycles. The van der Waals surface area contributed by atoms with Gasteiger partial charge in [-0.15, -0.1) is 0 Å². The van der Waals surface area contributed by atoms with Crippen LogP contribution in [0, 0.1) is 11.3 Å². The first-order valence-corrected chi connectivity index (χ1v) is 15.2. The number of nitriles is 1. The summed E-state index contributed by atoms with van der Waals surface area (Å²) >= 11 is 0. The van der Waals surface area contributed by atoms with Crippen molar-refractivity contribution in [2.45, 2.75) is 44.3 Å². The first-order valence-electron chi connectivity index (χ1n) is 15.2. The van der Waals surface area contributed by atoms with Gasteiger partial charge in [0.25, 0.3) is 0 Å². The summed E-state index contributed by atoms with van der Waals surface area (Å²) in [6, 6.07) is 17.3. The molecule has 0 spiro atoms. The highest BCUT2D eigenvalue weighted by Crippen LogP contribution is 2.35. The van der Waals surface area contributed by atoms with Crippen molar-refractivity contribution < 1.29 is 9.53 Å². The number of likely N-dealkylation sites (tertiary alicyclic amines) is 1. The zero-order valence-corrected chi connectivity index (χ0v) is 25.2. The van der Waals surface area contributed by atoms with E-state index in [1.165, 1.54) is 16.5 Å². The van der Waals surface area contributed by atoms with Crippen LogP contribution < -0.4 is 14.5 Å². The Morgan fingerprint density at radius 2 is 1.84 bits per heavy atom. The number of rotatable bonds is 7. The molecule has 2 aromatic carbocycles. The van der Waals surface area contributed by atoms with Crippen LogP contribution in [0.1, 0.15) is 30.5 Å². The molecule has 3 aromatic rings. The molecule has 9 nitrogen and oxygen atoms in total. The maximum atomic E-state index is 13.1. The van der Waals surface area contributed by atoms with Gasteiger partial charge in [0.1, 0.15) is 20.3 Å². The molecule has 218 valence electrons. The summed E-state index contributed by atoms with van der Waals surface area (Å²) < 4.78 is 6.28. The number of likely N-dealkylation sites (N-methyl/N-ethyl adjacent to an activating group) is 1. The van der Waals surface area contributed by atoms with Crippen molar-refractivity contribution in [3.63, 3.8) is 0 Å². The van der Waals surface area contributed by atoms with Gasteiger partial charge >= 0.3 is 6.01 Å². The first-order chi connectivity index (χ1) is 21.3. The number of amides is 1. The van der Waals surface area contributed by atoms with E-state index in [-0.39, 0.29) is 17.3 Å². The van der Waals surface area contributed by atoms with Crippen LogP contribution in [0.5, 0.6) is 6.01 Å². The average Bonchev–Trinajstić information content (AvgIpc) is 3.46. The summed E-state index contributed by atoms with van der Waals surface area (Å²) in [5.41, 5.74) is 2.99. The fourth-order valence-electron chi connectivity index (χ4n) is 6.64. The molecule has 6 rings (SSSR count). The second-order valence-corrected chi connectivity index (χ2v) is 11.8. The maximum absolute atomic E-state index is 13.1. The molecule has 2 atom stereocenters. The molecule has 3 aliphatic rings. The van der Waals surface area contributed by atoms with Gasteiger partial charge in [0.15, 0.2) is 0 Å². The normalized spacial score (nSPS) is 20.3. The Morgan fingerprint density at radius 1 is 1.02 bits per heavy atom. The van der Waals surface area contributed by atoms with E-state index < -0.39 is 11.9 Å². The largest absolute Gasteiger partial charge is 0.462 e. The molecular weight excluding hydrogens is 547 g/mol. The highest BCUT2D eigenvalue weighted by atomic mass is 16.5. The van der Waals surface area contributed by atoms with Crippen LogP contribution in [-0.4, -0.2) is 108 Å². The predicted molar refractivity (Wildman–Crippen MR) is 174 cm³/mol. The number of carbonyl (C=O) groups excluding carboxylic acids is 1. The zero-order valence-electron chi connectivity index (χ0n) is 25.2. The van der Waals surface area contributed by atoms with E-state index in [4.69, 9.17) is 38.2 Å². The molecule has 12 heteroatoms. The van der Waals surface area contributed by atoms with Gasteiger partial charge in [0.2, 0.25) is 5.91 Å². The van der Waals surface area contributed by atoms with Gasteiger partial charge in [-0.3, -0.25) is 4.79 Å². The van der Waals surface area contributed by atoms with Crippen LogP contribution in [0.15, 0.2) is 53.3 Å². The summed E-state index contributed by atoms with van der Waals surface area (Å²) in [5.74, 6) is 0.351. The van der Waals surface area contributed by atoms with Crippen LogP contribution in [0.25, 0.3) is 10.8 Å². The van der Waals surface area contributed by atoms with E-state index in [2.05, 4.69) is 70.3 Å². The minimum Gasteiger partial charge on any atom is -0.462 e. The molecule has 1 aromatic heterocycles.